The molecule has 5 heteroatoms. The quantitative estimate of drug-likeness (QED) is 0.570. The molecule has 0 fully saturated rings. The standard InChI is InChI=1S/C15H22O4S/c1-3-15(2,18)8-10-20-11-9-19-14(17)12-4-6-13(16)7-5-12/h4-7,16,18H,3,8-11H2,1-2H3/t15-/m0/s1. The van der Waals surface area contributed by atoms with Crippen molar-refractivity contribution in [3.05, 3.63) is 29.8 Å². The molecule has 1 aromatic rings. The van der Waals surface area contributed by atoms with Crippen molar-refractivity contribution in [3.63, 3.8) is 0 Å². The lowest BCUT2D eigenvalue weighted by Crippen LogP contribution is -2.23. The first-order valence-corrected chi connectivity index (χ1v) is 7.86. The maximum absolute atomic E-state index is 11.6. The Morgan fingerprint density at radius 2 is 1.95 bits per heavy atom. The molecule has 1 rings (SSSR count). The van der Waals surface area contributed by atoms with Crippen LogP contribution in [0.4, 0.5) is 0 Å². The molecule has 0 amide bonds. The number of esters is 1. The molecule has 0 radical (unpaired) electrons. The summed E-state index contributed by atoms with van der Waals surface area (Å²) in [4.78, 5) is 11.6. The van der Waals surface area contributed by atoms with Gasteiger partial charge in [0.2, 0.25) is 0 Å². The molecule has 0 aliphatic rings. The Bertz CT molecular complexity index is 414. The molecular formula is C15H22O4S. The van der Waals surface area contributed by atoms with E-state index in [1.165, 1.54) is 24.3 Å². The van der Waals surface area contributed by atoms with Gasteiger partial charge in [-0.3, -0.25) is 0 Å². The molecule has 2 N–H and O–H groups in total. The minimum absolute atomic E-state index is 0.125. The minimum atomic E-state index is -0.601. The van der Waals surface area contributed by atoms with Crippen LogP contribution >= 0.6 is 11.8 Å². The molecule has 112 valence electrons. The summed E-state index contributed by atoms with van der Waals surface area (Å²) in [5.74, 6) is 1.30. The zero-order chi connectivity index (χ0) is 15.0. The lowest BCUT2D eigenvalue weighted by Gasteiger charge is -2.20. The molecule has 1 atom stereocenters. The fourth-order valence-corrected chi connectivity index (χ4v) is 2.43. The van der Waals surface area contributed by atoms with E-state index in [0.717, 1.165) is 18.6 Å². The SMILES string of the molecule is CC[C@](C)(O)CCSCCOC(=O)c1ccc(O)cc1. The monoisotopic (exact) mass is 298 g/mol. The number of ether oxygens (including phenoxy) is 1. The molecule has 0 aliphatic carbocycles. The lowest BCUT2D eigenvalue weighted by molar-refractivity contribution is 0.0517. The first-order valence-electron chi connectivity index (χ1n) is 6.71. The second kappa shape index (κ2) is 8.17. The smallest absolute Gasteiger partial charge is 0.338 e. The van der Waals surface area contributed by atoms with E-state index in [1.807, 2.05) is 13.8 Å². The fourth-order valence-electron chi connectivity index (χ4n) is 1.45. The van der Waals surface area contributed by atoms with Gasteiger partial charge < -0.3 is 14.9 Å². The summed E-state index contributed by atoms with van der Waals surface area (Å²) < 4.78 is 5.12. The number of phenols is 1. The number of aromatic hydroxyl groups is 1. The van der Waals surface area contributed by atoms with Crippen molar-refractivity contribution in [2.24, 2.45) is 0 Å². The number of aliphatic hydroxyl groups is 1. The zero-order valence-electron chi connectivity index (χ0n) is 12.0. The first-order chi connectivity index (χ1) is 9.44. The Morgan fingerprint density at radius 3 is 2.55 bits per heavy atom. The van der Waals surface area contributed by atoms with Crippen LogP contribution in [0.3, 0.4) is 0 Å². The summed E-state index contributed by atoms with van der Waals surface area (Å²) in [6, 6.07) is 5.98. The van der Waals surface area contributed by atoms with Gasteiger partial charge in [-0.05, 0) is 49.8 Å². The highest BCUT2D eigenvalue weighted by molar-refractivity contribution is 7.99. The number of hydrogen-bond donors (Lipinski definition) is 2. The molecule has 20 heavy (non-hydrogen) atoms. The van der Waals surface area contributed by atoms with Crippen molar-refractivity contribution in [2.45, 2.75) is 32.3 Å². The van der Waals surface area contributed by atoms with Crippen LogP contribution in [0.15, 0.2) is 24.3 Å². The van der Waals surface area contributed by atoms with Crippen LogP contribution < -0.4 is 0 Å². The van der Waals surface area contributed by atoms with Crippen LogP contribution in [0.5, 0.6) is 5.75 Å². The van der Waals surface area contributed by atoms with Gasteiger partial charge in [-0.2, -0.15) is 11.8 Å². The number of phenolic OH excluding ortho intramolecular Hbond substituents is 1. The molecule has 0 saturated heterocycles. The van der Waals surface area contributed by atoms with Crippen molar-refractivity contribution in [3.8, 4) is 5.75 Å². The highest BCUT2D eigenvalue weighted by Gasteiger charge is 2.16. The van der Waals surface area contributed by atoms with Gasteiger partial charge in [-0.15, -0.1) is 0 Å². The predicted molar refractivity (Wildman–Crippen MR) is 81.2 cm³/mol. The van der Waals surface area contributed by atoms with E-state index < -0.39 is 5.60 Å². The lowest BCUT2D eigenvalue weighted by atomic mass is 10.0. The number of benzene rings is 1. The Hall–Kier alpha value is -1.20. The number of hydrogen-bond acceptors (Lipinski definition) is 5. The Balaban J connectivity index is 2.15. The van der Waals surface area contributed by atoms with Gasteiger partial charge in [-0.1, -0.05) is 6.92 Å². The van der Waals surface area contributed by atoms with Crippen LogP contribution in [-0.4, -0.2) is 39.9 Å². The molecule has 0 aromatic heterocycles. The summed E-state index contributed by atoms with van der Waals surface area (Å²) in [6.07, 6.45) is 1.48. The third-order valence-electron chi connectivity index (χ3n) is 3.11. The van der Waals surface area contributed by atoms with Crippen molar-refractivity contribution < 1.29 is 19.7 Å². The molecule has 4 nitrogen and oxygen atoms in total. The maximum atomic E-state index is 11.6. The van der Waals surface area contributed by atoms with E-state index in [0.29, 0.717) is 17.9 Å². The molecule has 0 spiro atoms. The van der Waals surface area contributed by atoms with Crippen molar-refractivity contribution >= 4 is 17.7 Å². The average Bonchev–Trinajstić information content (AvgIpc) is 2.43. The minimum Gasteiger partial charge on any atom is -0.508 e. The van der Waals surface area contributed by atoms with Crippen molar-refractivity contribution in [2.75, 3.05) is 18.1 Å². The van der Waals surface area contributed by atoms with Crippen LogP contribution in [-0.2, 0) is 4.74 Å². The number of carbonyl (C=O) groups is 1. The van der Waals surface area contributed by atoms with E-state index >= 15 is 0 Å². The summed E-state index contributed by atoms with van der Waals surface area (Å²) >= 11 is 1.66. The molecule has 0 saturated carbocycles. The summed E-state index contributed by atoms with van der Waals surface area (Å²) in [5.41, 5.74) is -0.169. The van der Waals surface area contributed by atoms with Crippen LogP contribution in [0, 0.1) is 0 Å². The number of thioether (sulfide) groups is 1. The highest BCUT2D eigenvalue weighted by Crippen LogP contribution is 2.17. The topological polar surface area (TPSA) is 66.8 Å². The molecule has 0 aliphatic heterocycles. The number of rotatable bonds is 8. The van der Waals surface area contributed by atoms with Gasteiger partial charge in [0.25, 0.3) is 0 Å². The van der Waals surface area contributed by atoms with E-state index in [1.54, 1.807) is 11.8 Å². The fraction of sp³-hybridized carbons (Fsp3) is 0.533. The average molecular weight is 298 g/mol. The summed E-state index contributed by atoms with van der Waals surface area (Å²) in [6.45, 7) is 4.14. The van der Waals surface area contributed by atoms with Crippen molar-refractivity contribution in [1.82, 2.24) is 0 Å². The summed E-state index contributed by atoms with van der Waals surface area (Å²) in [7, 11) is 0. The first kappa shape index (κ1) is 16.9. The van der Waals surface area contributed by atoms with Crippen LogP contribution in [0.25, 0.3) is 0 Å². The Morgan fingerprint density at radius 1 is 1.30 bits per heavy atom. The predicted octanol–water partition coefficient (Wildman–Crippen LogP) is 2.83. The second-order valence-electron chi connectivity index (χ2n) is 4.90. The van der Waals surface area contributed by atoms with Gasteiger partial charge in [0, 0.05) is 5.75 Å². The molecule has 0 unspecified atom stereocenters. The van der Waals surface area contributed by atoms with Gasteiger partial charge in [0.15, 0.2) is 0 Å². The largest absolute Gasteiger partial charge is 0.508 e. The van der Waals surface area contributed by atoms with E-state index in [9.17, 15) is 9.90 Å². The van der Waals surface area contributed by atoms with Gasteiger partial charge in [-0.25, -0.2) is 4.79 Å². The third-order valence-corrected chi connectivity index (χ3v) is 4.06. The third kappa shape index (κ3) is 6.30. The van der Waals surface area contributed by atoms with E-state index in [-0.39, 0.29) is 11.7 Å². The zero-order valence-corrected chi connectivity index (χ0v) is 12.8. The molecular weight excluding hydrogens is 276 g/mol. The van der Waals surface area contributed by atoms with E-state index in [4.69, 9.17) is 9.84 Å². The van der Waals surface area contributed by atoms with E-state index in [2.05, 4.69) is 0 Å². The Kier molecular flexibility index (Phi) is 6.88. The highest BCUT2D eigenvalue weighted by atomic mass is 32.2. The molecule has 1 aromatic carbocycles. The molecule has 0 heterocycles. The number of carbonyl (C=O) groups excluding carboxylic acids is 1. The Labute approximate surface area is 124 Å². The normalized spacial score (nSPS) is 13.8. The van der Waals surface area contributed by atoms with Gasteiger partial charge >= 0.3 is 5.97 Å². The molecule has 0 bridgehead atoms. The van der Waals surface area contributed by atoms with Crippen LogP contribution in [0.2, 0.25) is 0 Å². The maximum Gasteiger partial charge on any atom is 0.338 e. The van der Waals surface area contributed by atoms with Gasteiger partial charge in [0.05, 0.1) is 11.2 Å². The van der Waals surface area contributed by atoms with Crippen molar-refractivity contribution in [1.29, 1.82) is 0 Å². The second-order valence-corrected chi connectivity index (χ2v) is 6.12. The van der Waals surface area contributed by atoms with Crippen LogP contribution in [0.1, 0.15) is 37.0 Å². The summed E-state index contributed by atoms with van der Waals surface area (Å²) in [5, 5.41) is 18.9. The van der Waals surface area contributed by atoms with Gasteiger partial charge in [0.1, 0.15) is 12.4 Å².